The van der Waals surface area contributed by atoms with Gasteiger partial charge in [-0.1, -0.05) is 43.0 Å². The molecule has 3 aromatic carbocycles. The minimum absolute atomic E-state index is 0.269. The Labute approximate surface area is 167 Å². The van der Waals surface area contributed by atoms with Crippen molar-refractivity contribution in [1.29, 1.82) is 0 Å². The molecule has 0 spiro atoms. The number of nitrogens with zero attached hydrogens (tertiary/aromatic N) is 2. The second kappa shape index (κ2) is 8.50. The summed E-state index contributed by atoms with van der Waals surface area (Å²) in [6, 6.07) is 21.8. The Morgan fingerprint density at radius 3 is 2.48 bits per heavy atom. The van der Waals surface area contributed by atoms with Gasteiger partial charge >= 0.3 is 0 Å². The summed E-state index contributed by atoms with van der Waals surface area (Å²) in [5, 5.41) is 4.28. The molecule has 0 aliphatic heterocycles. The van der Waals surface area contributed by atoms with Crippen molar-refractivity contribution in [3.63, 3.8) is 0 Å². The van der Waals surface area contributed by atoms with Crippen LogP contribution in [-0.4, -0.2) is 9.97 Å². The molecule has 0 unspecified atom stereocenters. The summed E-state index contributed by atoms with van der Waals surface area (Å²) in [5.74, 6) is 0.484. The van der Waals surface area contributed by atoms with Crippen LogP contribution in [0.1, 0.15) is 11.1 Å². The third-order valence-electron chi connectivity index (χ3n) is 4.39. The van der Waals surface area contributed by atoms with Crippen LogP contribution < -0.4 is 10.8 Å². The van der Waals surface area contributed by atoms with Crippen molar-refractivity contribution in [2.45, 2.75) is 6.61 Å². The van der Waals surface area contributed by atoms with Gasteiger partial charge in [-0.15, -0.1) is 0 Å². The number of anilines is 2. The molecule has 4 aromatic rings. The van der Waals surface area contributed by atoms with E-state index in [9.17, 15) is 4.39 Å². The molecule has 0 saturated carbocycles. The molecule has 144 valence electrons. The third-order valence-corrected chi connectivity index (χ3v) is 4.39. The molecule has 0 bridgehead atoms. The summed E-state index contributed by atoms with van der Waals surface area (Å²) in [6.45, 7) is 4.29. The van der Waals surface area contributed by atoms with E-state index in [0.29, 0.717) is 12.3 Å². The highest BCUT2D eigenvalue weighted by molar-refractivity contribution is 5.90. The third kappa shape index (κ3) is 4.56. The maximum absolute atomic E-state index is 12.9. The fourth-order valence-electron chi connectivity index (χ4n) is 2.84. The second-order valence-electron chi connectivity index (χ2n) is 6.44. The summed E-state index contributed by atoms with van der Waals surface area (Å²) in [5.41, 5.74) is 7.00. The molecule has 0 atom stereocenters. The zero-order chi connectivity index (χ0) is 20.1. The van der Waals surface area contributed by atoms with Crippen LogP contribution >= 0.6 is 0 Å². The predicted octanol–water partition coefficient (Wildman–Crippen LogP) is 5.20. The number of aromatic nitrogens is 2. The molecule has 0 fully saturated rings. The lowest BCUT2D eigenvalue weighted by Crippen LogP contribution is -2.12. The highest BCUT2D eigenvalue weighted by Gasteiger charge is 2.05. The van der Waals surface area contributed by atoms with E-state index in [-0.39, 0.29) is 5.82 Å². The highest BCUT2D eigenvalue weighted by atomic mass is 19.1. The molecule has 0 aliphatic carbocycles. The molecule has 0 saturated heterocycles. The molecule has 0 aliphatic rings. The van der Waals surface area contributed by atoms with Crippen molar-refractivity contribution in [3.8, 4) is 0 Å². The van der Waals surface area contributed by atoms with Crippen molar-refractivity contribution >= 4 is 28.1 Å². The molecule has 2 N–H and O–H groups in total. The maximum atomic E-state index is 12.9. The van der Waals surface area contributed by atoms with Gasteiger partial charge in [0, 0.05) is 11.1 Å². The highest BCUT2D eigenvalue weighted by Crippen LogP contribution is 2.23. The van der Waals surface area contributed by atoms with Crippen LogP contribution in [0.4, 0.5) is 15.9 Å². The number of fused-ring (bicyclic) bond motifs is 1. The van der Waals surface area contributed by atoms with Crippen LogP contribution in [0.3, 0.4) is 0 Å². The van der Waals surface area contributed by atoms with Gasteiger partial charge in [0.25, 0.3) is 0 Å². The fraction of sp³-hybridized carbons (Fsp3) is 0.0435. The molecule has 1 heterocycles. The zero-order valence-electron chi connectivity index (χ0n) is 15.6. The smallest absolute Gasteiger partial charge is 0.141 e. The fourth-order valence-corrected chi connectivity index (χ4v) is 2.84. The van der Waals surface area contributed by atoms with Gasteiger partial charge in [0.1, 0.15) is 18.0 Å². The van der Waals surface area contributed by atoms with Gasteiger partial charge in [0.2, 0.25) is 0 Å². The Morgan fingerprint density at radius 1 is 0.931 bits per heavy atom. The van der Waals surface area contributed by atoms with Crippen LogP contribution in [-0.2, 0) is 11.4 Å². The van der Waals surface area contributed by atoms with Gasteiger partial charge in [-0.3, -0.25) is 10.3 Å². The number of hydrogen-bond donors (Lipinski definition) is 2. The topological polar surface area (TPSA) is 59.1 Å². The van der Waals surface area contributed by atoms with Gasteiger partial charge in [0.05, 0.1) is 17.8 Å². The predicted molar refractivity (Wildman–Crippen MR) is 113 cm³/mol. The number of hydrogen-bond acceptors (Lipinski definition) is 5. The largest absolute Gasteiger partial charge is 0.340 e. The molecule has 6 heteroatoms. The van der Waals surface area contributed by atoms with Crippen LogP contribution in [0.5, 0.6) is 0 Å². The number of para-hydroxylation sites is 1. The van der Waals surface area contributed by atoms with Crippen molar-refractivity contribution in [2.24, 2.45) is 0 Å². The molecular weight excluding hydrogens is 367 g/mol. The number of benzene rings is 3. The number of halogens is 1. The van der Waals surface area contributed by atoms with Crippen molar-refractivity contribution in [1.82, 2.24) is 15.4 Å². The standard InChI is InChI=1S/C23H19FN4O/c1-16(28-29-14-17-6-10-19(24)11-7-17)18-8-12-20(13-9-18)27-23-21-4-2-3-5-22(21)25-15-26-23/h2-13,15,28H,1,14H2,(H,25,26,27). The Hall–Kier alpha value is -3.77. The Balaban J connectivity index is 1.37. The van der Waals surface area contributed by atoms with Crippen LogP contribution in [0.2, 0.25) is 0 Å². The quantitative estimate of drug-likeness (QED) is 0.427. The lowest BCUT2D eigenvalue weighted by atomic mass is 10.1. The minimum Gasteiger partial charge on any atom is -0.340 e. The first-order valence-electron chi connectivity index (χ1n) is 9.07. The summed E-state index contributed by atoms with van der Waals surface area (Å²) < 4.78 is 12.9. The normalized spacial score (nSPS) is 10.7. The number of nitrogens with one attached hydrogen (secondary N) is 2. The Morgan fingerprint density at radius 2 is 1.69 bits per heavy atom. The monoisotopic (exact) mass is 386 g/mol. The SMILES string of the molecule is C=C(NOCc1ccc(F)cc1)c1ccc(Nc2ncnc3ccccc23)cc1. The van der Waals surface area contributed by atoms with E-state index in [1.807, 2.05) is 48.5 Å². The van der Waals surface area contributed by atoms with E-state index in [4.69, 9.17) is 4.84 Å². The average Bonchev–Trinajstić information content (AvgIpc) is 2.76. The van der Waals surface area contributed by atoms with Crippen molar-refractivity contribution in [2.75, 3.05) is 5.32 Å². The first kappa shape index (κ1) is 18.6. The lowest BCUT2D eigenvalue weighted by Gasteiger charge is -2.12. The van der Waals surface area contributed by atoms with E-state index >= 15 is 0 Å². The maximum Gasteiger partial charge on any atom is 0.141 e. The average molecular weight is 386 g/mol. The van der Waals surface area contributed by atoms with E-state index in [1.54, 1.807) is 18.5 Å². The summed E-state index contributed by atoms with van der Waals surface area (Å²) in [4.78, 5) is 14.1. The second-order valence-corrected chi connectivity index (χ2v) is 6.44. The van der Waals surface area contributed by atoms with Gasteiger partial charge in [-0.2, -0.15) is 0 Å². The molecule has 0 radical (unpaired) electrons. The Bertz CT molecular complexity index is 1120. The van der Waals surface area contributed by atoms with Crippen molar-refractivity contribution < 1.29 is 9.23 Å². The summed E-state index contributed by atoms with van der Waals surface area (Å²) >= 11 is 0. The van der Waals surface area contributed by atoms with E-state index in [2.05, 4.69) is 27.3 Å². The summed E-state index contributed by atoms with van der Waals surface area (Å²) in [7, 11) is 0. The van der Waals surface area contributed by atoms with E-state index in [0.717, 1.165) is 33.5 Å². The van der Waals surface area contributed by atoms with E-state index < -0.39 is 0 Å². The molecule has 1 aromatic heterocycles. The first-order chi connectivity index (χ1) is 14.2. The molecule has 5 nitrogen and oxygen atoms in total. The number of hydroxylamine groups is 1. The Kier molecular flexibility index (Phi) is 5.45. The molecule has 29 heavy (non-hydrogen) atoms. The van der Waals surface area contributed by atoms with E-state index in [1.165, 1.54) is 12.1 Å². The first-order valence-corrected chi connectivity index (χ1v) is 9.07. The van der Waals surface area contributed by atoms with Crippen molar-refractivity contribution in [3.05, 3.63) is 103 Å². The van der Waals surface area contributed by atoms with Crippen LogP contribution in [0.15, 0.2) is 85.7 Å². The lowest BCUT2D eigenvalue weighted by molar-refractivity contribution is 0.0648. The number of rotatable bonds is 7. The van der Waals surface area contributed by atoms with Gasteiger partial charge in [-0.25, -0.2) is 14.4 Å². The van der Waals surface area contributed by atoms with Crippen LogP contribution in [0, 0.1) is 5.82 Å². The molecule has 0 amide bonds. The molecule has 4 rings (SSSR count). The van der Waals surface area contributed by atoms with Crippen LogP contribution in [0.25, 0.3) is 16.6 Å². The van der Waals surface area contributed by atoms with Gasteiger partial charge in [0.15, 0.2) is 0 Å². The summed E-state index contributed by atoms with van der Waals surface area (Å²) in [6.07, 6.45) is 1.54. The van der Waals surface area contributed by atoms with Gasteiger partial charge in [-0.05, 0) is 47.5 Å². The molecular formula is C23H19FN4O. The zero-order valence-corrected chi connectivity index (χ0v) is 15.6. The minimum atomic E-state index is -0.269. The van der Waals surface area contributed by atoms with Gasteiger partial charge < -0.3 is 5.32 Å².